The summed E-state index contributed by atoms with van der Waals surface area (Å²) in [5.41, 5.74) is 0.580. The van der Waals surface area contributed by atoms with Gasteiger partial charge in [0.1, 0.15) is 17.2 Å². The van der Waals surface area contributed by atoms with Crippen LogP contribution in [0.3, 0.4) is 0 Å². The molecule has 0 bridgehead atoms. The van der Waals surface area contributed by atoms with Crippen LogP contribution in [-0.4, -0.2) is 25.1 Å². The lowest BCUT2D eigenvalue weighted by Gasteiger charge is -2.09. The Morgan fingerprint density at radius 1 is 0.962 bits per heavy atom. The predicted molar refractivity (Wildman–Crippen MR) is 98.5 cm³/mol. The Balaban J connectivity index is 1.85. The van der Waals surface area contributed by atoms with E-state index in [-0.39, 0.29) is 6.61 Å². The van der Waals surface area contributed by atoms with Gasteiger partial charge >= 0.3 is 5.97 Å². The summed E-state index contributed by atoms with van der Waals surface area (Å²) < 4.78 is 15.9. The molecule has 0 aromatic heterocycles. The molecular formula is C20H21NO5. The molecule has 0 saturated carbocycles. The third-order valence-corrected chi connectivity index (χ3v) is 3.16. The van der Waals surface area contributed by atoms with Crippen LogP contribution in [0.2, 0.25) is 0 Å². The predicted octanol–water partition coefficient (Wildman–Crippen LogP) is 3.94. The molecule has 136 valence electrons. The molecule has 26 heavy (non-hydrogen) atoms. The van der Waals surface area contributed by atoms with E-state index in [0.29, 0.717) is 23.8 Å². The molecule has 0 spiro atoms. The lowest BCUT2D eigenvalue weighted by Crippen LogP contribution is -2.20. The highest BCUT2D eigenvalue weighted by Crippen LogP contribution is 2.25. The fourth-order valence-electron chi connectivity index (χ4n) is 2.03. The van der Waals surface area contributed by atoms with Crippen LogP contribution in [0.25, 0.3) is 0 Å². The molecule has 0 radical (unpaired) electrons. The van der Waals surface area contributed by atoms with Crippen molar-refractivity contribution >= 4 is 17.6 Å². The molecule has 0 atom stereocenters. The van der Waals surface area contributed by atoms with Crippen LogP contribution in [0.15, 0.2) is 60.7 Å². The lowest BCUT2D eigenvalue weighted by atomic mass is 10.3. The maximum absolute atomic E-state index is 11.7. The zero-order valence-electron chi connectivity index (χ0n) is 14.7. The molecule has 0 heterocycles. The Morgan fingerprint density at radius 3 is 2.12 bits per heavy atom. The topological polar surface area (TPSA) is 73.9 Å². The van der Waals surface area contributed by atoms with Gasteiger partial charge in [-0.3, -0.25) is 4.79 Å². The SMILES string of the molecule is C/C=C/C(=O)OCC(=O)Nc1ccc(Oc2ccc(OCC)cc2)cc1. The zero-order chi connectivity index (χ0) is 18.8. The second-order valence-electron chi connectivity index (χ2n) is 5.19. The van der Waals surface area contributed by atoms with E-state index in [1.54, 1.807) is 37.3 Å². The number of anilines is 1. The van der Waals surface area contributed by atoms with Crippen LogP contribution >= 0.6 is 0 Å². The van der Waals surface area contributed by atoms with Crippen LogP contribution in [-0.2, 0) is 14.3 Å². The Kier molecular flexibility index (Phi) is 7.24. The van der Waals surface area contributed by atoms with Crippen LogP contribution in [0.5, 0.6) is 17.2 Å². The molecule has 0 aliphatic carbocycles. The molecule has 2 aromatic rings. The van der Waals surface area contributed by atoms with Gasteiger partial charge in [-0.05, 0) is 62.4 Å². The Labute approximate surface area is 152 Å². The molecule has 1 amide bonds. The third kappa shape index (κ3) is 6.32. The summed E-state index contributed by atoms with van der Waals surface area (Å²) in [4.78, 5) is 22.9. The first-order chi connectivity index (χ1) is 12.6. The Bertz CT molecular complexity index is 751. The van der Waals surface area contributed by atoms with Crippen LogP contribution in [0, 0.1) is 0 Å². The monoisotopic (exact) mass is 355 g/mol. The number of amides is 1. The summed E-state index contributed by atoms with van der Waals surface area (Å²) in [6, 6.07) is 14.2. The average Bonchev–Trinajstić information content (AvgIpc) is 2.64. The smallest absolute Gasteiger partial charge is 0.330 e. The van der Waals surface area contributed by atoms with Gasteiger partial charge < -0.3 is 19.5 Å². The van der Waals surface area contributed by atoms with E-state index in [0.717, 1.165) is 5.75 Å². The van der Waals surface area contributed by atoms with Crippen molar-refractivity contribution < 1.29 is 23.8 Å². The Hall–Kier alpha value is -3.28. The van der Waals surface area contributed by atoms with Crippen molar-refractivity contribution in [3.05, 3.63) is 60.7 Å². The minimum atomic E-state index is -0.554. The van der Waals surface area contributed by atoms with Crippen molar-refractivity contribution in [3.8, 4) is 17.2 Å². The van der Waals surface area contributed by atoms with Crippen molar-refractivity contribution in [2.75, 3.05) is 18.5 Å². The van der Waals surface area contributed by atoms with Gasteiger partial charge in [-0.15, -0.1) is 0 Å². The highest BCUT2D eigenvalue weighted by Gasteiger charge is 2.06. The first-order valence-electron chi connectivity index (χ1n) is 8.20. The summed E-state index contributed by atoms with van der Waals surface area (Å²) in [5.74, 6) is 1.13. The van der Waals surface area contributed by atoms with Gasteiger partial charge in [0, 0.05) is 11.8 Å². The Morgan fingerprint density at radius 2 is 1.54 bits per heavy atom. The molecule has 0 aliphatic heterocycles. The maximum Gasteiger partial charge on any atom is 0.330 e. The second kappa shape index (κ2) is 9.88. The van der Waals surface area contributed by atoms with Crippen LogP contribution < -0.4 is 14.8 Å². The lowest BCUT2D eigenvalue weighted by molar-refractivity contribution is -0.142. The van der Waals surface area contributed by atoms with Crippen molar-refractivity contribution in [1.82, 2.24) is 0 Å². The van der Waals surface area contributed by atoms with Gasteiger partial charge in [0.05, 0.1) is 6.61 Å². The van der Waals surface area contributed by atoms with E-state index < -0.39 is 11.9 Å². The third-order valence-electron chi connectivity index (χ3n) is 3.16. The number of carbonyl (C=O) groups is 2. The maximum atomic E-state index is 11.7. The largest absolute Gasteiger partial charge is 0.494 e. The average molecular weight is 355 g/mol. The van der Waals surface area contributed by atoms with E-state index in [9.17, 15) is 9.59 Å². The first kappa shape index (κ1) is 19.1. The molecule has 1 N–H and O–H groups in total. The number of esters is 1. The van der Waals surface area contributed by atoms with E-state index in [4.69, 9.17) is 14.2 Å². The summed E-state index contributed by atoms with van der Waals surface area (Å²) in [6.07, 6.45) is 2.80. The summed E-state index contributed by atoms with van der Waals surface area (Å²) in [7, 11) is 0. The molecular weight excluding hydrogens is 334 g/mol. The van der Waals surface area contributed by atoms with E-state index >= 15 is 0 Å². The second-order valence-corrected chi connectivity index (χ2v) is 5.19. The van der Waals surface area contributed by atoms with Gasteiger partial charge in [0.15, 0.2) is 6.61 Å². The van der Waals surface area contributed by atoms with E-state index in [2.05, 4.69) is 5.32 Å². The standard InChI is InChI=1S/C20H21NO5/c1-3-5-20(23)25-14-19(22)21-15-6-8-17(9-7-15)26-18-12-10-16(11-13-18)24-4-2/h3,5-13H,4,14H2,1-2H3,(H,21,22)/b5-3+. The number of hydrogen-bond donors (Lipinski definition) is 1. The molecule has 0 fully saturated rings. The quantitative estimate of drug-likeness (QED) is 0.573. The summed E-state index contributed by atoms with van der Waals surface area (Å²) in [5, 5.41) is 2.64. The summed E-state index contributed by atoms with van der Waals surface area (Å²) in [6.45, 7) is 3.89. The normalized spacial score (nSPS) is 10.4. The number of rotatable bonds is 8. The van der Waals surface area contributed by atoms with Gasteiger partial charge in [-0.2, -0.15) is 0 Å². The number of hydrogen-bond acceptors (Lipinski definition) is 5. The number of ether oxygens (including phenoxy) is 3. The van der Waals surface area contributed by atoms with Crippen LogP contribution in [0.1, 0.15) is 13.8 Å². The van der Waals surface area contributed by atoms with E-state index in [1.807, 2.05) is 31.2 Å². The molecule has 0 aliphatic rings. The van der Waals surface area contributed by atoms with Crippen molar-refractivity contribution in [1.29, 1.82) is 0 Å². The molecule has 6 heteroatoms. The fraction of sp³-hybridized carbons (Fsp3) is 0.200. The van der Waals surface area contributed by atoms with Crippen molar-refractivity contribution in [3.63, 3.8) is 0 Å². The van der Waals surface area contributed by atoms with E-state index in [1.165, 1.54) is 6.08 Å². The highest BCUT2D eigenvalue weighted by molar-refractivity contribution is 5.93. The molecule has 0 unspecified atom stereocenters. The number of allylic oxidation sites excluding steroid dienone is 1. The van der Waals surface area contributed by atoms with Gasteiger partial charge in [0.25, 0.3) is 5.91 Å². The zero-order valence-corrected chi connectivity index (χ0v) is 14.7. The molecule has 6 nitrogen and oxygen atoms in total. The molecule has 2 rings (SSSR count). The minimum Gasteiger partial charge on any atom is -0.494 e. The van der Waals surface area contributed by atoms with Gasteiger partial charge in [-0.25, -0.2) is 4.79 Å². The van der Waals surface area contributed by atoms with Gasteiger partial charge in [0.2, 0.25) is 0 Å². The number of benzene rings is 2. The van der Waals surface area contributed by atoms with Crippen LogP contribution in [0.4, 0.5) is 5.69 Å². The van der Waals surface area contributed by atoms with Gasteiger partial charge in [-0.1, -0.05) is 6.08 Å². The number of carbonyl (C=O) groups excluding carboxylic acids is 2. The van der Waals surface area contributed by atoms with Crippen molar-refractivity contribution in [2.45, 2.75) is 13.8 Å². The summed E-state index contributed by atoms with van der Waals surface area (Å²) >= 11 is 0. The highest BCUT2D eigenvalue weighted by atomic mass is 16.5. The first-order valence-corrected chi connectivity index (χ1v) is 8.20. The number of nitrogens with one attached hydrogen (secondary N) is 1. The van der Waals surface area contributed by atoms with Crippen molar-refractivity contribution in [2.24, 2.45) is 0 Å². The molecule has 0 saturated heterocycles. The fourth-order valence-corrected chi connectivity index (χ4v) is 2.03. The molecule has 2 aromatic carbocycles. The minimum absolute atomic E-state index is 0.340.